The van der Waals surface area contributed by atoms with Gasteiger partial charge >= 0.3 is 6.01 Å². The summed E-state index contributed by atoms with van der Waals surface area (Å²) < 4.78 is 16.4. The summed E-state index contributed by atoms with van der Waals surface area (Å²) in [6, 6.07) is 0.137. The molecule has 0 amide bonds. The van der Waals surface area contributed by atoms with Gasteiger partial charge in [-0.3, -0.25) is 0 Å². The zero-order valence-corrected chi connectivity index (χ0v) is 11.8. The van der Waals surface area contributed by atoms with Gasteiger partial charge < -0.3 is 19.3 Å². The lowest BCUT2D eigenvalue weighted by Crippen LogP contribution is -2.30. The second-order valence-electron chi connectivity index (χ2n) is 4.48. The predicted octanol–water partition coefficient (Wildman–Crippen LogP) is 1.35. The molecule has 21 heavy (non-hydrogen) atoms. The smallest absolute Gasteiger partial charge is 0.320 e. The first-order valence-corrected chi connectivity index (χ1v) is 6.61. The van der Waals surface area contributed by atoms with Crippen molar-refractivity contribution in [2.75, 3.05) is 13.2 Å². The summed E-state index contributed by atoms with van der Waals surface area (Å²) in [6.45, 7) is 3.94. The summed E-state index contributed by atoms with van der Waals surface area (Å²) in [7, 11) is 0. The molecule has 9 heteroatoms. The molecule has 1 saturated heterocycles. The highest BCUT2D eigenvalue weighted by Crippen LogP contribution is 2.26. The first kappa shape index (κ1) is 15.3. The first-order valence-electron chi connectivity index (χ1n) is 6.61. The van der Waals surface area contributed by atoms with E-state index in [9.17, 15) is 5.11 Å². The van der Waals surface area contributed by atoms with Crippen molar-refractivity contribution in [1.82, 2.24) is 9.97 Å². The van der Waals surface area contributed by atoms with Crippen LogP contribution in [-0.2, 0) is 4.74 Å². The van der Waals surface area contributed by atoms with Crippen LogP contribution in [0.5, 0.6) is 11.9 Å². The molecule has 114 valence electrons. The van der Waals surface area contributed by atoms with Gasteiger partial charge in [0.2, 0.25) is 5.88 Å². The summed E-state index contributed by atoms with van der Waals surface area (Å²) in [5.41, 5.74) is 9.22. The summed E-state index contributed by atoms with van der Waals surface area (Å²) in [5, 5.41) is 12.8. The van der Waals surface area contributed by atoms with Crippen LogP contribution in [-0.4, -0.2) is 46.7 Å². The molecule has 1 fully saturated rings. The molecule has 0 aliphatic carbocycles. The van der Waals surface area contributed by atoms with Gasteiger partial charge in [0, 0.05) is 23.1 Å². The Labute approximate surface area is 121 Å². The fourth-order valence-electron chi connectivity index (χ4n) is 2.00. The summed E-state index contributed by atoms with van der Waals surface area (Å²) in [5.74, 6) is 0.452. The Balaban J connectivity index is 2.09. The molecule has 0 spiro atoms. The third-order valence-corrected chi connectivity index (χ3v) is 2.98. The largest absolute Gasteiger partial charge is 0.478 e. The van der Waals surface area contributed by atoms with Crippen molar-refractivity contribution in [2.24, 2.45) is 5.11 Å². The van der Waals surface area contributed by atoms with Gasteiger partial charge in [-0.25, -0.2) is 4.98 Å². The van der Waals surface area contributed by atoms with Crippen LogP contribution >= 0.6 is 0 Å². The molecule has 0 aromatic carbocycles. The van der Waals surface area contributed by atoms with Crippen LogP contribution < -0.4 is 9.47 Å². The van der Waals surface area contributed by atoms with E-state index in [1.54, 1.807) is 6.20 Å². The van der Waals surface area contributed by atoms with E-state index < -0.39 is 18.4 Å². The highest BCUT2D eigenvalue weighted by molar-refractivity contribution is 5.23. The Morgan fingerprint density at radius 3 is 3.10 bits per heavy atom. The highest BCUT2D eigenvalue weighted by Gasteiger charge is 2.36. The maximum Gasteiger partial charge on any atom is 0.320 e. The van der Waals surface area contributed by atoms with Gasteiger partial charge in [0.25, 0.3) is 0 Å². The number of hydrogen-bond donors (Lipinski definition) is 1. The van der Waals surface area contributed by atoms with Crippen molar-refractivity contribution in [3.63, 3.8) is 0 Å². The molecule has 1 aromatic rings. The van der Waals surface area contributed by atoms with Crippen molar-refractivity contribution in [3.8, 4) is 11.9 Å². The van der Waals surface area contributed by atoms with Crippen molar-refractivity contribution in [3.05, 3.63) is 22.2 Å². The second kappa shape index (κ2) is 7.07. The summed E-state index contributed by atoms with van der Waals surface area (Å²) in [4.78, 5) is 10.9. The van der Waals surface area contributed by atoms with Crippen LogP contribution in [0.1, 0.15) is 18.9 Å². The maximum atomic E-state index is 9.28. The van der Waals surface area contributed by atoms with Crippen LogP contribution in [0, 0.1) is 6.92 Å². The first-order chi connectivity index (χ1) is 10.2. The zero-order chi connectivity index (χ0) is 15.2. The van der Waals surface area contributed by atoms with Gasteiger partial charge in [-0.05, 0) is 19.4 Å². The number of nitrogens with zero attached hydrogens (tertiary/aromatic N) is 5. The van der Waals surface area contributed by atoms with E-state index in [0.29, 0.717) is 18.9 Å². The normalized spacial score (nSPS) is 24.4. The van der Waals surface area contributed by atoms with Crippen LogP contribution in [0.2, 0.25) is 0 Å². The standard InChI is InChI=1S/C12H17N5O4/c1-3-19-11-7(2)5-14-12(15-11)21-8-4-10(16-17-13)20-9(8)6-18/h5,8-10,18H,3-4,6H2,1-2H3/t8-,9-,10+/m1/s1. The Morgan fingerprint density at radius 2 is 2.43 bits per heavy atom. The number of aliphatic hydroxyl groups excluding tert-OH is 1. The lowest BCUT2D eigenvalue weighted by Gasteiger charge is -2.17. The molecule has 1 aliphatic heterocycles. The molecular weight excluding hydrogens is 278 g/mol. The van der Waals surface area contributed by atoms with Gasteiger partial charge in [-0.1, -0.05) is 5.11 Å². The zero-order valence-electron chi connectivity index (χ0n) is 11.8. The molecule has 9 nitrogen and oxygen atoms in total. The van der Waals surface area contributed by atoms with Crippen LogP contribution in [0.4, 0.5) is 0 Å². The molecular formula is C12H17N5O4. The molecule has 1 aromatic heterocycles. The lowest BCUT2D eigenvalue weighted by atomic mass is 10.2. The van der Waals surface area contributed by atoms with Gasteiger partial charge in [0.15, 0.2) is 0 Å². The average molecular weight is 295 g/mol. The molecule has 0 bridgehead atoms. The number of aliphatic hydroxyl groups is 1. The van der Waals surface area contributed by atoms with E-state index in [4.69, 9.17) is 19.7 Å². The predicted molar refractivity (Wildman–Crippen MR) is 71.9 cm³/mol. The van der Waals surface area contributed by atoms with E-state index in [0.717, 1.165) is 5.56 Å². The Bertz CT molecular complexity index is 534. The van der Waals surface area contributed by atoms with E-state index in [1.807, 2.05) is 13.8 Å². The van der Waals surface area contributed by atoms with Gasteiger partial charge in [0.05, 0.1) is 13.2 Å². The minimum atomic E-state index is -0.658. The van der Waals surface area contributed by atoms with Crippen LogP contribution in [0.25, 0.3) is 10.4 Å². The highest BCUT2D eigenvalue weighted by atomic mass is 16.6. The quantitative estimate of drug-likeness (QED) is 0.480. The Hall–Kier alpha value is -2.09. The van der Waals surface area contributed by atoms with Crippen LogP contribution in [0.15, 0.2) is 11.3 Å². The lowest BCUT2D eigenvalue weighted by molar-refractivity contribution is -0.0157. The number of aryl methyl sites for hydroxylation is 1. The van der Waals surface area contributed by atoms with E-state index in [-0.39, 0.29) is 12.6 Å². The number of ether oxygens (including phenoxy) is 3. The van der Waals surface area contributed by atoms with Gasteiger partial charge in [0.1, 0.15) is 18.4 Å². The number of hydrogen-bond acceptors (Lipinski definition) is 7. The fraction of sp³-hybridized carbons (Fsp3) is 0.667. The van der Waals surface area contributed by atoms with E-state index in [1.165, 1.54) is 0 Å². The summed E-state index contributed by atoms with van der Waals surface area (Å²) >= 11 is 0. The number of aromatic nitrogens is 2. The van der Waals surface area contributed by atoms with E-state index in [2.05, 4.69) is 20.0 Å². The van der Waals surface area contributed by atoms with E-state index >= 15 is 0 Å². The third-order valence-electron chi connectivity index (χ3n) is 2.98. The number of azide groups is 1. The molecule has 2 heterocycles. The maximum absolute atomic E-state index is 9.28. The van der Waals surface area contributed by atoms with Gasteiger partial charge in [-0.2, -0.15) is 4.98 Å². The third kappa shape index (κ3) is 3.72. The van der Waals surface area contributed by atoms with Crippen LogP contribution in [0.3, 0.4) is 0 Å². The van der Waals surface area contributed by atoms with Crippen molar-refractivity contribution < 1.29 is 19.3 Å². The monoisotopic (exact) mass is 295 g/mol. The molecule has 0 unspecified atom stereocenters. The average Bonchev–Trinajstić information content (AvgIpc) is 2.85. The molecule has 2 rings (SSSR count). The Morgan fingerprint density at radius 1 is 1.62 bits per heavy atom. The second-order valence-corrected chi connectivity index (χ2v) is 4.48. The molecule has 0 radical (unpaired) electrons. The SMILES string of the molecule is CCOc1nc(O[C@@H]2C[C@@H](N=[N+]=[N-])O[C@@H]2CO)ncc1C. The molecule has 3 atom stereocenters. The fourth-order valence-corrected chi connectivity index (χ4v) is 2.00. The van der Waals surface area contributed by atoms with Crippen molar-refractivity contribution in [1.29, 1.82) is 0 Å². The van der Waals surface area contributed by atoms with Crippen molar-refractivity contribution in [2.45, 2.75) is 38.7 Å². The van der Waals surface area contributed by atoms with Gasteiger partial charge in [-0.15, -0.1) is 0 Å². The Kier molecular flexibility index (Phi) is 5.15. The minimum absolute atomic E-state index is 0.137. The minimum Gasteiger partial charge on any atom is -0.478 e. The molecule has 1 aliphatic rings. The molecule has 0 saturated carbocycles. The number of rotatable bonds is 6. The topological polar surface area (TPSA) is 122 Å². The van der Waals surface area contributed by atoms with Crippen molar-refractivity contribution >= 4 is 0 Å². The molecule has 1 N–H and O–H groups in total. The summed E-state index contributed by atoms with van der Waals surface area (Å²) in [6.07, 6.45) is 0.205.